The third-order valence-electron chi connectivity index (χ3n) is 2.98. The van der Waals surface area contributed by atoms with Crippen molar-refractivity contribution in [3.05, 3.63) is 29.8 Å². The molecule has 4 nitrogen and oxygen atoms in total. The van der Waals surface area contributed by atoms with Crippen LogP contribution < -0.4 is 11.1 Å². The third-order valence-corrected chi connectivity index (χ3v) is 2.98. The van der Waals surface area contributed by atoms with Crippen molar-refractivity contribution in [1.82, 2.24) is 4.90 Å². The summed E-state index contributed by atoms with van der Waals surface area (Å²) < 4.78 is 0. The summed E-state index contributed by atoms with van der Waals surface area (Å²) >= 11 is 0. The third kappa shape index (κ3) is 6.36. The summed E-state index contributed by atoms with van der Waals surface area (Å²) in [4.78, 5) is 13.9. The number of nitrogens with zero attached hydrogens (tertiary/aromatic N) is 1. The molecule has 1 aromatic carbocycles. The first kappa shape index (κ1) is 15.7. The molecule has 0 aromatic heterocycles. The highest BCUT2D eigenvalue weighted by atomic mass is 16.2. The Kier molecular flexibility index (Phi) is 6.53. The van der Waals surface area contributed by atoms with Gasteiger partial charge in [-0.1, -0.05) is 26.0 Å². The molecule has 0 heterocycles. The normalized spacial score (nSPS) is 11.1. The van der Waals surface area contributed by atoms with E-state index < -0.39 is 0 Å². The second-order valence-corrected chi connectivity index (χ2v) is 5.37. The Hall–Kier alpha value is -1.39. The minimum absolute atomic E-state index is 0.0201. The van der Waals surface area contributed by atoms with Gasteiger partial charge in [0, 0.05) is 12.2 Å². The van der Waals surface area contributed by atoms with Crippen LogP contribution in [0.2, 0.25) is 0 Å². The predicted molar refractivity (Wildman–Crippen MR) is 79.9 cm³/mol. The van der Waals surface area contributed by atoms with Crippen LogP contribution in [0.15, 0.2) is 24.3 Å². The molecule has 1 rings (SSSR count). The van der Waals surface area contributed by atoms with Crippen LogP contribution in [0.4, 0.5) is 5.69 Å². The summed E-state index contributed by atoms with van der Waals surface area (Å²) in [6, 6.07) is 7.62. The van der Waals surface area contributed by atoms with Gasteiger partial charge in [-0.25, -0.2) is 0 Å². The molecule has 4 heteroatoms. The molecular weight excluding hydrogens is 238 g/mol. The van der Waals surface area contributed by atoms with Gasteiger partial charge in [0.15, 0.2) is 0 Å². The Morgan fingerprint density at radius 3 is 2.47 bits per heavy atom. The van der Waals surface area contributed by atoms with Crippen molar-refractivity contribution < 1.29 is 4.79 Å². The van der Waals surface area contributed by atoms with Gasteiger partial charge in [-0.05, 0) is 43.6 Å². The quantitative estimate of drug-likeness (QED) is 0.791. The molecule has 0 saturated heterocycles. The molecule has 19 heavy (non-hydrogen) atoms. The van der Waals surface area contributed by atoms with Crippen molar-refractivity contribution in [1.29, 1.82) is 0 Å². The molecule has 106 valence electrons. The number of nitrogens with one attached hydrogen (secondary N) is 1. The molecule has 0 saturated carbocycles. The number of carbonyl (C=O) groups excluding carboxylic acids is 1. The molecule has 3 N–H and O–H groups in total. The lowest BCUT2D eigenvalue weighted by Gasteiger charge is -2.17. The van der Waals surface area contributed by atoms with E-state index in [1.165, 1.54) is 0 Å². The number of anilines is 1. The summed E-state index contributed by atoms with van der Waals surface area (Å²) in [5.41, 5.74) is 7.41. The molecule has 0 fully saturated rings. The molecule has 1 aromatic rings. The van der Waals surface area contributed by atoms with Crippen molar-refractivity contribution in [3.8, 4) is 0 Å². The fraction of sp³-hybridized carbons (Fsp3) is 0.533. The minimum atomic E-state index is 0.0201. The van der Waals surface area contributed by atoms with E-state index in [2.05, 4.69) is 19.2 Å². The fourth-order valence-electron chi connectivity index (χ4n) is 1.73. The maximum Gasteiger partial charge on any atom is 0.238 e. The summed E-state index contributed by atoms with van der Waals surface area (Å²) in [6.07, 6.45) is 1.11. The van der Waals surface area contributed by atoms with E-state index in [4.69, 9.17) is 5.73 Å². The molecule has 0 atom stereocenters. The largest absolute Gasteiger partial charge is 0.326 e. The monoisotopic (exact) mass is 263 g/mol. The van der Waals surface area contributed by atoms with Crippen LogP contribution in [0.3, 0.4) is 0 Å². The van der Waals surface area contributed by atoms with E-state index in [1.807, 2.05) is 36.2 Å². The summed E-state index contributed by atoms with van der Waals surface area (Å²) in [5.74, 6) is 0.682. The predicted octanol–water partition coefficient (Wildman–Crippen LogP) is 2.06. The standard InChI is InChI=1S/C15H25N3O/c1-12(2)8-9-18(3)11-15(19)17-14-6-4-13(10-16)5-7-14/h4-7,12H,8-11,16H2,1-3H3,(H,17,19). The first-order valence-corrected chi connectivity index (χ1v) is 6.78. The van der Waals surface area contributed by atoms with E-state index in [0.717, 1.165) is 24.2 Å². The fourth-order valence-corrected chi connectivity index (χ4v) is 1.73. The van der Waals surface area contributed by atoms with Crippen molar-refractivity contribution in [2.45, 2.75) is 26.8 Å². The molecule has 0 aliphatic rings. The highest BCUT2D eigenvalue weighted by Gasteiger charge is 2.07. The summed E-state index contributed by atoms with van der Waals surface area (Å²) in [5, 5.41) is 2.89. The molecule has 0 bridgehead atoms. The zero-order valence-corrected chi connectivity index (χ0v) is 12.1. The smallest absolute Gasteiger partial charge is 0.238 e. The zero-order chi connectivity index (χ0) is 14.3. The molecule has 0 unspecified atom stereocenters. The summed E-state index contributed by atoms with van der Waals surface area (Å²) in [6.45, 7) is 6.26. The van der Waals surface area contributed by atoms with Crippen LogP contribution in [-0.4, -0.2) is 30.9 Å². The van der Waals surface area contributed by atoms with Gasteiger partial charge in [-0.3, -0.25) is 9.69 Å². The molecule has 0 radical (unpaired) electrons. The number of rotatable bonds is 7. The minimum Gasteiger partial charge on any atom is -0.326 e. The number of carbonyl (C=O) groups is 1. The number of hydrogen-bond acceptors (Lipinski definition) is 3. The zero-order valence-electron chi connectivity index (χ0n) is 12.1. The van der Waals surface area contributed by atoms with Crippen LogP contribution >= 0.6 is 0 Å². The van der Waals surface area contributed by atoms with Crippen LogP contribution in [0.5, 0.6) is 0 Å². The Morgan fingerprint density at radius 2 is 1.95 bits per heavy atom. The highest BCUT2D eigenvalue weighted by Crippen LogP contribution is 2.09. The van der Waals surface area contributed by atoms with Crippen molar-refractivity contribution in [2.24, 2.45) is 11.7 Å². The van der Waals surface area contributed by atoms with E-state index in [0.29, 0.717) is 19.0 Å². The molecular formula is C15H25N3O. The second-order valence-electron chi connectivity index (χ2n) is 5.37. The average Bonchev–Trinajstić information content (AvgIpc) is 2.37. The Balaban J connectivity index is 2.37. The molecule has 1 amide bonds. The second kappa shape index (κ2) is 7.92. The Morgan fingerprint density at radius 1 is 1.32 bits per heavy atom. The number of benzene rings is 1. The van der Waals surface area contributed by atoms with Crippen LogP contribution in [0.25, 0.3) is 0 Å². The maximum atomic E-state index is 11.8. The topological polar surface area (TPSA) is 58.4 Å². The first-order valence-electron chi connectivity index (χ1n) is 6.78. The lowest BCUT2D eigenvalue weighted by molar-refractivity contribution is -0.117. The van der Waals surface area contributed by atoms with Gasteiger partial charge in [0.25, 0.3) is 0 Å². The van der Waals surface area contributed by atoms with Crippen LogP contribution in [0, 0.1) is 5.92 Å². The van der Waals surface area contributed by atoms with Gasteiger partial charge in [-0.2, -0.15) is 0 Å². The number of hydrogen-bond donors (Lipinski definition) is 2. The van der Waals surface area contributed by atoms with E-state index >= 15 is 0 Å². The first-order chi connectivity index (χ1) is 9.01. The number of likely N-dealkylation sites (N-methyl/N-ethyl adjacent to an activating group) is 1. The lowest BCUT2D eigenvalue weighted by Crippen LogP contribution is -2.31. The SMILES string of the molecule is CC(C)CCN(C)CC(=O)Nc1ccc(CN)cc1. The van der Waals surface area contributed by atoms with E-state index in [-0.39, 0.29) is 5.91 Å². The van der Waals surface area contributed by atoms with Gasteiger partial charge in [0.05, 0.1) is 6.54 Å². The van der Waals surface area contributed by atoms with Crippen LogP contribution in [0.1, 0.15) is 25.8 Å². The number of nitrogens with two attached hydrogens (primary N) is 1. The van der Waals surface area contributed by atoms with Crippen molar-refractivity contribution >= 4 is 11.6 Å². The maximum absolute atomic E-state index is 11.8. The van der Waals surface area contributed by atoms with Crippen molar-refractivity contribution in [3.63, 3.8) is 0 Å². The highest BCUT2D eigenvalue weighted by molar-refractivity contribution is 5.92. The lowest BCUT2D eigenvalue weighted by atomic mass is 10.1. The van der Waals surface area contributed by atoms with Gasteiger partial charge >= 0.3 is 0 Å². The average molecular weight is 263 g/mol. The number of amides is 1. The Labute approximate surface area is 116 Å². The molecule has 0 aliphatic carbocycles. The van der Waals surface area contributed by atoms with Crippen molar-refractivity contribution in [2.75, 3.05) is 25.5 Å². The van der Waals surface area contributed by atoms with Gasteiger partial charge in [0.1, 0.15) is 0 Å². The van der Waals surface area contributed by atoms with Crippen LogP contribution in [-0.2, 0) is 11.3 Å². The van der Waals surface area contributed by atoms with Gasteiger partial charge in [0.2, 0.25) is 5.91 Å². The van der Waals surface area contributed by atoms with E-state index in [9.17, 15) is 4.79 Å². The van der Waals surface area contributed by atoms with E-state index in [1.54, 1.807) is 0 Å². The molecule has 0 spiro atoms. The Bertz CT molecular complexity index is 387. The molecule has 0 aliphatic heterocycles. The summed E-state index contributed by atoms with van der Waals surface area (Å²) in [7, 11) is 1.97. The van der Waals surface area contributed by atoms with Gasteiger partial charge < -0.3 is 11.1 Å². The van der Waals surface area contributed by atoms with Gasteiger partial charge in [-0.15, -0.1) is 0 Å².